The Labute approximate surface area is 178 Å². The van der Waals surface area contributed by atoms with Gasteiger partial charge in [0.25, 0.3) is 0 Å². The molecule has 0 saturated heterocycles. The fourth-order valence-corrected chi connectivity index (χ4v) is 2.91. The molecule has 3 rings (SSSR count). The summed E-state index contributed by atoms with van der Waals surface area (Å²) in [6.45, 7) is 5.50. The number of alkyl halides is 3. The minimum Gasteiger partial charge on any atom is -0.394 e. The van der Waals surface area contributed by atoms with Crippen molar-refractivity contribution in [3.63, 3.8) is 0 Å². The average Bonchev–Trinajstić information content (AvgIpc) is 2.73. The summed E-state index contributed by atoms with van der Waals surface area (Å²) >= 11 is 0. The number of rotatable bonds is 7. The van der Waals surface area contributed by atoms with E-state index in [1.807, 2.05) is 13.8 Å². The number of nitrogens with one attached hydrogen (secondary N) is 2. The molecular weight excluding hydrogens is 407 g/mol. The van der Waals surface area contributed by atoms with E-state index >= 15 is 0 Å². The quantitative estimate of drug-likeness (QED) is 0.486. The molecule has 3 aromatic rings. The minimum absolute atomic E-state index is 0.111. The monoisotopic (exact) mass is 431 g/mol. The van der Waals surface area contributed by atoms with Crippen LogP contribution in [-0.2, 0) is 6.18 Å². The Morgan fingerprint density at radius 1 is 1.03 bits per heavy atom. The van der Waals surface area contributed by atoms with E-state index in [-0.39, 0.29) is 24.5 Å². The van der Waals surface area contributed by atoms with Crippen LogP contribution < -0.4 is 10.6 Å². The van der Waals surface area contributed by atoms with Crippen molar-refractivity contribution in [2.45, 2.75) is 33.0 Å². The number of halogens is 3. The number of hydrogen-bond donors (Lipinski definition) is 3. The molecule has 0 radical (unpaired) electrons. The fourth-order valence-electron chi connectivity index (χ4n) is 2.91. The summed E-state index contributed by atoms with van der Waals surface area (Å²) in [5.74, 6) is 0.696. The van der Waals surface area contributed by atoms with Gasteiger partial charge >= 0.3 is 6.18 Å². The Kier molecular flexibility index (Phi) is 6.74. The molecule has 0 saturated carbocycles. The summed E-state index contributed by atoms with van der Waals surface area (Å²) < 4.78 is 39.5. The first-order chi connectivity index (χ1) is 14.7. The van der Waals surface area contributed by atoms with E-state index in [9.17, 15) is 18.3 Å². The summed E-state index contributed by atoms with van der Waals surface area (Å²) in [5.41, 5.74) is 1.52. The predicted octanol–water partition coefficient (Wildman–Crippen LogP) is 5.04. The Morgan fingerprint density at radius 2 is 1.74 bits per heavy atom. The third kappa shape index (κ3) is 5.69. The molecule has 31 heavy (non-hydrogen) atoms. The first kappa shape index (κ1) is 22.5. The van der Waals surface area contributed by atoms with Crippen LogP contribution in [0.1, 0.15) is 25.0 Å². The van der Waals surface area contributed by atoms with Crippen molar-refractivity contribution in [1.29, 1.82) is 0 Å². The van der Waals surface area contributed by atoms with Crippen molar-refractivity contribution >= 4 is 17.5 Å². The van der Waals surface area contributed by atoms with E-state index in [1.54, 1.807) is 37.5 Å². The molecule has 0 unspecified atom stereocenters. The Bertz CT molecular complexity index is 1030. The second-order valence-corrected chi connectivity index (χ2v) is 7.53. The molecule has 0 aliphatic rings. The summed E-state index contributed by atoms with van der Waals surface area (Å²) in [7, 11) is 0. The standard InChI is InChI=1S/C22H24F3N5O/c1-13(2)19(12-31)29-21-28-18(15-6-8-26-9-7-15)11-20(30-21)27-17-10-16(22(23,24)25)5-4-14(17)3/h4-11,13,19,31H,12H2,1-3H3,(H2,27,28,29,30)/t19-/m1/s1. The zero-order valence-electron chi connectivity index (χ0n) is 17.4. The highest BCUT2D eigenvalue weighted by atomic mass is 19.4. The molecule has 1 aromatic carbocycles. The van der Waals surface area contributed by atoms with Gasteiger partial charge in [0.05, 0.1) is 23.9 Å². The van der Waals surface area contributed by atoms with Gasteiger partial charge in [-0.3, -0.25) is 4.98 Å². The molecule has 3 N–H and O–H groups in total. The molecule has 0 amide bonds. The van der Waals surface area contributed by atoms with Gasteiger partial charge in [-0.15, -0.1) is 0 Å². The van der Waals surface area contributed by atoms with Crippen LogP contribution >= 0.6 is 0 Å². The zero-order chi connectivity index (χ0) is 22.6. The Balaban J connectivity index is 2.02. The van der Waals surface area contributed by atoms with Gasteiger partial charge in [-0.1, -0.05) is 19.9 Å². The predicted molar refractivity (Wildman–Crippen MR) is 114 cm³/mol. The summed E-state index contributed by atoms with van der Waals surface area (Å²) in [4.78, 5) is 12.9. The number of benzene rings is 1. The van der Waals surface area contributed by atoms with E-state index in [0.717, 1.165) is 17.7 Å². The van der Waals surface area contributed by atoms with Crippen LogP contribution in [0.15, 0.2) is 48.8 Å². The molecular formula is C22H24F3N5O. The van der Waals surface area contributed by atoms with Gasteiger partial charge in [0.15, 0.2) is 0 Å². The molecule has 2 heterocycles. The summed E-state index contributed by atoms with van der Waals surface area (Å²) in [6.07, 6.45) is -1.20. The van der Waals surface area contributed by atoms with Crippen LogP contribution in [0.4, 0.5) is 30.6 Å². The average molecular weight is 431 g/mol. The van der Waals surface area contributed by atoms with E-state index in [1.165, 1.54) is 6.07 Å². The number of pyridine rings is 1. The SMILES string of the molecule is Cc1ccc(C(F)(F)F)cc1Nc1cc(-c2ccncc2)nc(N[C@H](CO)C(C)C)n1. The normalized spacial score (nSPS) is 12.6. The second-order valence-electron chi connectivity index (χ2n) is 7.53. The highest BCUT2D eigenvalue weighted by molar-refractivity contribution is 5.68. The van der Waals surface area contributed by atoms with Crippen LogP contribution in [0.2, 0.25) is 0 Å². The van der Waals surface area contributed by atoms with Gasteiger partial charge in [0.2, 0.25) is 5.95 Å². The number of aliphatic hydroxyl groups is 1. The number of aliphatic hydroxyl groups excluding tert-OH is 1. The van der Waals surface area contributed by atoms with E-state index in [4.69, 9.17) is 0 Å². The number of hydrogen-bond acceptors (Lipinski definition) is 6. The lowest BCUT2D eigenvalue weighted by Gasteiger charge is -2.21. The minimum atomic E-state index is -4.45. The van der Waals surface area contributed by atoms with Crippen molar-refractivity contribution in [2.24, 2.45) is 5.92 Å². The number of aryl methyl sites for hydroxylation is 1. The molecule has 164 valence electrons. The van der Waals surface area contributed by atoms with Gasteiger partial charge in [0, 0.05) is 29.7 Å². The maximum Gasteiger partial charge on any atom is 0.416 e. The molecule has 6 nitrogen and oxygen atoms in total. The van der Waals surface area contributed by atoms with Crippen LogP contribution in [0.5, 0.6) is 0 Å². The Morgan fingerprint density at radius 3 is 2.35 bits per heavy atom. The maximum absolute atomic E-state index is 13.2. The van der Waals surface area contributed by atoms with E-state index in [0.29, 0.717) is 22.8 Å². The Hall–Kier alpha value is -3.20. The maximum atomic E-state index is 13.2. The van der Waals surface area contributed by atoms with Gasteiger partial charge in [-0.2, -0.15) is 18.2 Å². The van der Waals surface area contributed by atoms with Crippen molar-refractivity contribution in [1.82, 2.24) is 15.0 Å². The number of anilines is 3. The van der Waals surface area contributed by atoms with Gasteiger partial charge in [-0.25, -0.2) is 4.98 Å². The zero-order valence-corrected chi connectivity index (χ0v) is 17.4. The summed E-state index contributed by atoms with van der Waals surface area (Å²) in [6, 6.07) is 8.44. The van der Waals surface area contributed by atoms with Crippen molar-refractivity contribution in [3.8, 4) is 11.3 Å². The number of aromatic nitrogens is 3. The third-order valence-electron chi connectivity index (χ3n) is 4.85. The van der Waals surface area contributed by atoms with E-state index < -0.39 is 11.7 Å². The molecule has 0 spiro atoms. The van der Waals surface area contributed by atoms with Gasteiger partial charge in [-0.05, 0) is 42.7 Å². The number of nitrogens with zero attached hydrogens (tertiary/aromatic N) is 3. The van der Waals surface area contributed by atoms with Crippen molar-refractivity contribution in [3.05, 3.63) is 59.9 Å². The molecule has 9 heteroatoms. The van der Waals surface area contributed by atoms with Crippen LogP contribution in [-0.4, -0.2) is 32.7 Å². The summed E-state index contributed by atoms with van der Waals surface area (Å²) in [5, 5.41) is 15.7. The lowest BCUT2D eigenvalue weighted by Crippen LogP contribution is -2.30. The highest BCUT2D eigenvalue weighted by Crippen LogP contribution is 2.33. The molecule has 1 atom stereocenters. The van der Waals surface area contributed by atoms with Crippen molar-refractivity contribution in [2.75, 3.05) is 17.2 Å². The third-order valence-corrected chi connectivity index (χ3v) is 4.85. The first-order valence-corrected chi connectivity index (χ1v) is 9.79. The van der Waals surface area contributed by atoms with Crippen LogP contribution in [0.3, 0.4) is 0 Å². The highest BCUT2D eigenvalue weighted by Gasteiger charge is 2.30. The van der Waals surface area contributed by atoms with Gasteiger partial charge < -0.3 is 15.7 Å². The second kappa shape index (κ2) is 9.30. The molecule has 0 aliphatic heterocycles. The lowest BCUT2D eigenvalue weighted by molar-refractivity contribution is -0.137. The fraction of sp³-hybridized carbons (Fsp3) is 0.318. The molecule has 0 bridgehead atoms. The van der Waals surface area contributed by atoms with Crippen molar-refractivity contribution < 1.29 is 18.3 Å². The lowest BCUT2D eigenvalue weighted by atomic mass is 10.1. The van der Waals surface area contributed by atoms with E-state index in [2.05, 4.69) is 25.6 Å². The van der Waals surface area contributed by atoms with Crippen LogP contribution in [0, 0.1) is 12.8 Å². The first-order valence-electron chi connectivity index (χ1n) is 9.79. The smallest absolute Gasteiger partial charge is 0.394 e. The molecule has 2 aromatic heterocycles. The van der Waals surface area contributed by atoms with Gasteiger partial charge in [0.1, 0.15) is 5.82 Å². The molecule has 0 aliphatic carbocycles. The van der Waals surface area contributed by atoms with Crippen LogP contribution in [0.25, 0.3) is 11.3 Å². The molecule has 0 fully saturated rings. The topological polar surface area (TPSA) is 83.0 Å². The largest absolute Gasteiger partial charge is 0.416 e.